The minimum absolute atomic E-state index is 0.265. The van der Waals surface area contributed by atoms with Gasteiger partial charge in [-0.25, -0.2) is 9.97 Å². The van der Waals surface area contributed by atoms with Crippen LogP contribution in [0.1, 0.15) is 19.8 Å². The molecular weight excluding hydrogens is 284 g/mol. The fourth-order valence-corrected chi connectivity index (χ4v) is 2.10. The first-order valence-corrected chi connectivity index (χ1v) is 6.45. The molecule has 17 heavy (non-hydrogen) atoms. The van der Waals surface area contributed by atoms with Gasteiger partial charge in [-0.1, -0.05) is 13.3 Å². The molecule has 0 aliphatic heterocycles. The molecular formula is C11H19BrN4O. The van der Waals surface area contributed by atoms with Gasteiger partial charge in [0.1, 0.15) is 22.4 Å². The lowest BCUT2D eigenvalue weighted by atomic mass is 10.2. The zero-order valence-corrected chi connectivity index (χ0v) is 12.0. The maximum atomic E-state index is 5.19. The summed E-state index contributed by atoms with van der Waals surface area (Å²) < 4.78 is 6.04. The number of rotatable bonds is 7. The van der Waals surface area contributed by atoms with Gasteiger partial charge >= 0.3 is 0 Å². The van der Waals surface area contributed by atoms with Gasteiger partial charge in [-0.05, 0) is 22.4 Å². The number of hydrogen-bond donors (Lipinski definition) is 2. The van der Waals surface area contributed by atoms with Gasteiger partial charge in [-0.15, -0.1) is 0 Å². The van der Waals surface area contributed by atoms with Gasteiger partial charge in [0.25, 0.3) is 0 Å². The van der Waals surface area contributed by atoms with Crippen LogP contribution in [-0.2, 0) is 4.74 Å². The first-order chi connectivity index (χ1) is 8.22. The van der Waals surface area contributed by atoms with Gasteiger partial charge in [0.05, 0.1) is 12.6 Å². The summed E-state index contributed by atoms with van der Waals surface area (Å²) in [6, 6.07) is 0.265. The van der Waals surface area contributed by atoms with E-state index in [1.54, 1.807) is 7.11 Å². The van der Waals surface area contributed by atoms with E-state index in [0.717, 1.165) is 29.0 Å². The number of ether oxygens (including phenoxy) is 1. The molecule has 0 saturated carbocycles. The molecule has 6 heteroatoms. The fourth-order valence-electron chi connectivity index (χ4n) is 1.58. The van der Waals surface area contributed by atoms with E-state index in [-0.39, 0.29) is 6.04 Å². The number of halogens is 1. The lowest BCUT2D eigenvalue weighted by Gasteiger charge is -2.19. The molecule has 96 valence electrons. The Balaban J connectivity index is 2.77. The molecule has 0 saturated heterocycles. The van der Waals surface area contributed by atoms with Crippen LogP contribution in [0.3, 0.4) is 0 Å². The minimum atomic E-state index is 0.265. The van der Waals surface area contributed by atoms with E-state index >= 15 is 0 Å². The summed E-state index contributed by atoms with van der Waals surface area (Å²) in [6.45, 7) is 2.82. The average Bonchev–Trinajstić information content (AvgIpc) is 2.32. The van der Waals surface area contributed by atoms with Gasteiger partial charge < -0.3 is 15.4 Å². The smallest absolute Gasteiger partial charge is 0.146 e. The summed E-state index contributed by atoms with van der Waals surface area (Å²) in [5.74, 6) is 1.56. The highest BCUT2D eigenvalue weighted by atomic mass is 79.9. The van der Waals surface area contributed by atoms with Crippen LogP contribution in [0, 0.1) is 0 Å². The van der Waals surface area contributed by atoms with Crippen molar-refractivity contribution >= 4 is 27.6 Å². The van der Waals surface area contributed by atoms with E-state index in [4.69, 9.17) is 4.74 Å². The number of anilines is 2. The molecule has 0 bridgehead atoms. The largest absolute Gasteiger partial charge is 0.383 e. The Morgan fingerprint density at radius 2 is 2.12 bits per heavy atom. The summed E-state index contributed by atoms with van der Waals surface area (Å²) >= 11 is 3.48. The fraction of sp³-hybridized carbons (Fsp3) is 0.636. The monoisotopic (exact) mass is 302 g/mol. The normalized spacial score (nSPS) is 12.2. The molecule has 0 fully saturated rings. The van der Waals surface area contributed by atoms with Crippen LogP contribution < -0.4 is 10.6 Å². The zero-order valence-electron chi connectivity index (χ0n) is 10.5. The summed E-state index contributed by atoms with van der Waals surface area (Å²) in [4.78, 5) is 8.34. The second-order valence-corrected chi connectivity index (χ2v) is 4.51. The molecule has 2 N–H and O–H groups in total. The SMILES string of the molecule is CCCC(COC)Nc1ncnc(NC)c1Br. The third kappa shape index (κ3) is 4.12. The second-order valence-electron chi connectivity index (χ2n) is 3.72. The highest BCUT2D eigenvalue weighted by molar-refractivity contribution is 9.10. The van der Waals surface area contributed by atoms with Gasteiger partial charge in [0, 0.05) is 14.2 Å². The molecule has 0 aliphatic rings. The molecule has 0 aromatic carbocycles. The molecule has 0 amide bonds. The third-order valence-electron chi connectivity index (χ3n) is 2.37. The molecule has 1 atom stereocenters. The van der Waals surface area contributed by atoms with Crippen molar-refractivity contribution in [3.8, 4) is 0 Å². The van der Waals surface area contributed by atoms with E-state index in [1.165, 1.54) is 6.33 Å². The lowest BCUT2D eigenvalue weighted by molar-refractivity contribution is 0.182. The van der Waals surface area contributed by atoms with Crippen molar-refractivity contribution in [3.63, 3.8) is 0 Å². The number of aromatic nitrogens is 2. The molecule has 1 rings (SSSR count). The molecule has 1 aromatic heterocycles. The summed E-state index contributed by atoms with van der Waals surface area (Å²) in [6.07, 6.45) is 3.68. The van der Waals surface area contributed by atoms with E-state index in [2.05, 4.69) is 43.5 Å². The van der Waals surface area contributed by atoms with Crippen LogP contribution >= 0.6 is 15.9 Å². The number of nitrogens with one attached hydrogen (secondary N) is 2. The highest BCUT2D eigenvalue weighted by Gasteiger charge is 2.12. The van der Waals surface area contributed by atoms with E-state index in [1.807, 2.05) is 7.05 Å². The third-order valence-corrected chi connectivity index (χ3v) is 3.12. The Hall–Kier alpha value is -0.880. The van der Waals surface area contributed by atoms with Gasteiger partial charge in [-0.3, -0.25) is 0 Å². The Morgan fingerprint density at radius 3 is 2.71 bits per heavy atom. The van der Waals surface area contributed by atoms with E-state index in [9.17, 15) is 0 Å². The van der Waals surface area contributed by atoms with Crippen molar-refractivity contribution in [2.45, 2.75) is 25.8 Å². The molecule has 1 aromatic rings. The quantitative estimate of drug-likeness (QED) is 0.810. The topological polar surface area (TPSA) is 59.1 Å². The maximum absolute atomic E-state index is 5.19. The van der Waals surface area contributed by atoms with E-state index < -0.39 is 0 Å². The summed E-state index contributed by atoms with van der Waals surface area (Å²) in [5, 5.41) is 6.36. The van der Waals surface area contributed by atoms with Crippen LogP contribution in [-0.4, -0.2) is 36.8 Å². The number of nitrogens with zero attached hydrogens (tertiary/aromatic N) is 2. The van der Waals surface area contributed by atoms with Crippen molar-refractivity contribution in [2.24, 2.45) is 0 Å². The molecule has 1 unspecified atom stereocenters. The zero-order chi connectivity index (χ0) is 12.7. The number of hydrogen-bond acceptors (Lipinski definition) is 5. The predicted octanol–water partition coefficient (Wildman–Crippen LogP) is 2.51. The highest BCUT2D eigenvalue weighted by Crippen LogP contribution is 2.26. The van der Waals surface area contributed by atoms with Gasteiger partial charge in [0.15, 0.2) is 0 Å². The predicted molar refractivity (Wildman–Crippen MR) is 73.5 cm³/mol. The molecule has 0 radical (unpaired) electrons. The number of methoxy groups -OCH3 is 1. The van der Waals surface area contributed by atoms with Crippen molar-refractivity contribution < 1.29 is 4.74 Å². The first-order valence-electron chi connectivity index (χ1n) is 5.66. The van der Waals surface area contributed by atoms with E-state index in [0.29, 0.717) is 6.61 Å². The van der Waals surface area contributed by atoms with Gasteiger partial charge in [-0.2, -0.15) is 0 Å². The van der Waals surface area contributed by atoms with Crippen LogP contribution in [0.15, 0.2) is 10.8 Å². The summed E-state index contributed by atoms with van der Waals surface area (Å²) in [7, 11) is 3.54. The standard InChI is InChI=1S/C11H19BrN4O/c1-4-5-8(6-17-3)16-11-9(12)10(13-2)14-7-15-11/h7-8H,4-6H2,1-3H3,(H2,13,14,15,16). The van der Waals surface area contributed by atoms with Crippen molar-refractivity contribution in [3.05, 3.63) is 10.8 Å². The molecule has 0 spiro atoms. The Morgan fingerprint density at radius 1 is 1.41 bits per heavy atom. The molecule has 1 heterocycles. The Kier molecular flexibility index (Phi) is 6.21. The molecule has 5 nitrogen and oxygen atoms in total. The lowest BCUT2D eigenvalue weighted by Crippen LogP contribution is -2.25. The first kappa shape index (κ1) is 14.2. The van der Waals surface area contributed by atoms with Gasteiger partial charge in [0.2, 0.25) is 0 Å². The Bertz CT molecular complexity index is 342. The second kappa shape index (κ2) is 7.45. The average molecular weight is 303 g/mol. The van der Waals surface area contributed by atoms with Crippen LogP contribution in [0.25, 0.3) is 0 Å². The van der Waals surface area contributed by atoms with Crippen molar-refractivity contribution in [1.82, 2.24) is 9.97 Å². The van der Waals surface area contributed by atoms with Crippen molar-refractivity contribution in [2.75, 3.05) is 31.4 Å². The van der Waals surface area contributed by atoms with Crippen LogP contribution in [0.5, 0.6) is 0 Å². The Labute approximate surface area is 111 Å². The summed E-state index contributed by atoms with van der Waals surface area (Å²) in [5.41, 5.74) is 0. The molecule has 0 aliphatic carbocycles. The minimum Gasteiger partial charge on any atom is -0.383 e. The van der Waals surface area contributed by atoms with Crippen LogP contribution in [0.4, 0.5) is 11.6 Å². The maximum Gasteiger partial charge on any atom is 0.146 e. The van der Waals surface area contributed by atoms with Crippen molar-refractivity contribution in [1.29, 1.82) is 0 Å². The van der Waals surface area contributed by atoms with Crippen LogP contribution in [0.2, 0.25) is 0 Å².